The van der Waals surface area contributed by atoms with E-state index in [2.05, 4.69) is 4.98 Å². The first-order valence-corrected chi connectivity index (χ1v) is 17.8. The van der Waals surface area contributed by atoms with Crippen molar-refractivity contribution in [3.05, 3.63) is 53.9 Å². The molecule has 0 unspecified atom stereocenters. The van der Waals surface area contributed by atoms with Crippen molar-refractivity contribution in [3.8, 4) is 5.75 Å². The van der Waals surface area contributed by atoms with Crippen molar-refractivity contribution in [1.82, 2.24) is 19.7 Å². The molecule has 3 aromatic rings. The second kappa shape index (κ2) is 15.4. The van der Waals surface area contributed by atoms with E-state index in [-0.39, 0.29) is 54.4 Å². The van der Waals surface area contributed by atoms with Gasteiger partial charge in [-0.1, -0.05) is 32.0 Å². The highest BCUT2D eigenvalue weighted by atomic mass is 32.2. The number of nitrogens with two attached hydrogens (primary N) is 1. The van der Waals surface area contributed by atoms with Crippen molar-refractivity contribution in [2.75, 3.05) is 32.7 Å². The summed E-state index contributed by atoms with van der Waals surface area (Å²) in [4.78, 5) is 49.7. The molecule has 262 valence electrons. The number of likely N-dealkylation sites (tertiary alicyclic amines) is 1. The quantitative estimate of drug-likeness (QED) is 0.284. The lowest BCUT2D eigenvalue weighted by atomic mass is 9.95. The monoisotopic (exact) mass is 685 g/mol. The van der Waals surface area contributed by atoms with Crippen molar-refractivity contribution in [2.45, 2.75) is 77.2 Å². The van der Waals surface area contributed by atoms with Crippen molar-refractivity contribution in [1.29, 1.82) is 0 Å². The molecule has 1 aromatic heterocycles. The van der Waals surface area contributed by atoms with Crippen LogP contribution in [0.4, 0.5) is 9.59 Å². The summed E-state index contributed by atoms with van der Waals surface area (Å²) in [5, 5.41) is 15.7. The zero-order valence-electron chi connectivity index (χ0n) is 28.3. The average molecular weight is 686 g/mol. The van der Waals surface area contributed by atoms with Crippen molar-refractivity contribution >= 4 is 39.2 Å². The van der Waals surface area contributed by atoms with Crippen LogP contribution >= 0.6 is 0 Å². The second-order valence-electron chi connectivity index (χ2n) is 13.6. The van der Waals surface area contributed by atoms with E-state index >= 15 is 0 Å². The van der Waals surface area contributed by atoms with Gasteiger partial charge in [0.25, 0.3) is 0 Å². The van der Waals surface area contributed by atoms with E-state index < -0.39 is 33.7 Å². The van der Waals surface area contributed by atoms with Crippen LogP contribution in [0.15, 0.2) is 51.8 Å². The smallest absolute Gasteiger partial charge is 0.410 e. The third kappa shape index (κ3) is 9.92. The summed E-state index contributed by atoms with van der Waals surface area (Å²) in [5.74, 6) is -0.0939. The van der Waals surface area contributed by atoms with Gasteiger partial charge in [0, 0.05) is 45.1 Å². The van der Waals surface area contributed by atoms with Gasteiger partial charge in [-0.15, -0.1) is 0 Å². The molecule has 1 fully saturated rings. The number of primary sulfonamides is 1. The number of hydrogen-bond acceptors (Lipinski definition) is 9. The molecule has 14 heteroatoms. The van der Waals surface area contributed by atoms with Crippen LogP contribution in [0.25, 0.3) is 11.1 Å². The first-order valence-electron chi connectivity index (χ1n) is 16.3. The largest absolute Gasteiger partial charge is 0.508 e. The van der Waals surface area contributed by atoms with E-state index in [1.165, 1.54) is 23.1 Å². The molecule has 2 heterocycles. The van der Waals surface area contributed by atoms with E-state index in [0.29, 0.717) is 55.4 Å². The molecule has 1 aliphatic heterocycles. The van der Waals surface area contributed by atoms with Gasteiger partial charge in [-0.3, -0.25) is 9.69 Å². The molecule has 3 N–H and O–H groups in total. The Morgan fingerprint density at radius 2 is 1.73 bits per heavy atom. The van der Waals surface area contributed by atoms with Gasteiger partial charge in [-0.05, 0) is 82.2 Å². The fourth-order valence-corrected chi connectivity index (χ4v) is 6.00. The lowest BCUT2D eigenvalue weighted by molar-refractivity contribution is -0.134. The van der Waals surface area contributed by atoms with Crippen LogP contribution in [0.2, 0.25) is 0 Å². The Hall–Kier alpha value is -4.17. The van der Waals surface area contributed by atoms with E-state index in [1.54, 1.807) is 54.8 Å². The molecule has 0 saturated carbocycles. The molecule has 2 aromatic carbocycles. The molecule has 0 aliphatic carbocycles. The highest BCUT2D eigenvalue weighted by Crippen LogP contribution is 2.25. The fraction of sp³-hybridized carbons (Fsp3) is 0.529. The Balaban J connectivity index is 1.54. The number of nitrogens with zero attached hydrogens (tertiary/aromatic N) is 4. The number of aromatic hydroxyl groups is 1. The third-order valence-corrected chi connectivity index (χ3v) is 9.07. The van der Waals surface area contributed by atoms with Gasteiger partial charge >= 0.3 is 12.1 Å². The van der Waals surface area contributed by atoms with Gasteiger partial charge in [-0.25, -0.2) is 28.1 Å². The van der Waals surface area contributed by atoms with Crippen LogP contribution in [-0.2, 0) is 32.4 Å². The van der Waals surface area contributed by atoms with Crippen LogP contribution in [-0.4, -0.2) is 89.6 Å². The number of phenols is 1. The predicted molar refractivity (Wildman–Crippen MR) is 180 cm³/mol. The van der Waals surface area contributed by atoms with Crippen LogP contribution in [0.1, 0.15) is 65.3 Å². The minimum atomic E-state index is -3.93. The summed E-state index contributed by atoms with van der Waals surface area (Å²) < 4.78 is 35.0. The first kappa shape index (κ1) is 36.7. The number of para-hydroxylation sites is 1. The van der Waals surface area contributed by atoms with Gasteiger partial charge < -0.3 is 24.1 Å². The maximum atomic E-state index is 14.3. The fourth-order valence-electron chi connectivity index (χ4n) is 5.46. The van der Waals surface area contributed by atoms with Gasteiger partial charge in [0.1, 0.15) is 16.9 Å². The average Bonchev–Trinajstić information content (AvgIpc) is 3.43. The first-order chi connectivity index (χ1) is 22.5. The van der Waals surface area contributed by atoms with Crippen LogP contribution in [0.5, 0.6) is 5.75 Å². The number of fused-ring (bicyclic) bond motifs is 1. The van der Waals surface area contributed by atoms with Gasteiger partial charge in [-0.2, -0.15) is 0 Å². The normalized spacial score (nSPS) is 14.4. The zero-order valence-corrected chi connectivity index (χ0v) is 29.2. The standard InChI is InChI=1S/C34H47N5O8S/c1-23(2)12-21-39(31(41)25-14-18-38(19-15-25)33(43)47-34(3,4)5)32(42)37(17-13-24-8-6-7-9-28(24)40)20-16-30-36-27-22-26(48(35,44)45)10-11-29(27)46-30/h6-11,22-23,25,40H,12-21H2,1-5H3,(H2,35,44,45). The topological polar surface area (TPSA) is 177 Å². The second-order valence-corrected chi connectivity index (χ2v) is 15.2. The number of urea groups is 1. The number of rotatable bonds is 11. The number of carbonyl (C=O) groups is 3. The highest BCUT2D eigenvalue weighted by Gasteiger charge is 2.35. The minimum Gasteiger partial charge on any atom is -0.508 e. The number of carbonyl (C=O) groups excluding carboxylic acids is 3. The summed E-state index contributed by atoms with van der Waals surface area (Å²) in [6, 6.07) is 10.6. The summed E-state index contributed by atoms with van der Waals surface area (Å²) in [5.41, 5.74) is 0.712. The van der Waals surface area contributed by atoms with Crippen LogP contribution in [0.3, 0.4) is 0 Å². The lowest BCUT2D eigenvalue weighted by Crippen LogP contribution is -2.52. The maximum Gasteiger partial charge on any atom is 0.410 e. The molecule has 4 rings (SSSR count). The molecule has 1 aliphatic rings. The molecule has 0 spiro atoms. The summed E-state index contributed by atoms with van der Waals surface area (Å²) in [7, 11) is -3.93. The summed E-state index contributed by atoms with van der Waals surface area (Å²) in [6.07, 6.45) is 1.53. The van der Waals surface area contributed by atoms with Crippen molar-refractivity contribution in [3.63, 3.8) is 0 Å². The van der Waals surface area contributed by atoms with Crippen molar-refractivity contribution < 1.29 is 37.1 Å². The number of sulfonamides is 1. The Morgan fingerprint density at radius 3 is 2.35 bits per heavy atom. The number of aromatic nitrogens is 1. The zero-order chi connectivity index (χ0) is 35.2. The molecule has 4 amide bonds. The number of amides is 4. The van der Waals surface area contributed by atoms with Crippen molar-refractivity contribution in [2.24, 2.45) is 17.0 Å². The SMILES string of the molecule is CC(C)CCN(C(=O)C1CCN(C(=O)OC(C)(C)C)CC1)C(=O)N(CCc1nc2cc(S(N)(=O)=O)ccc2o1)CCc1ccccc1O. The Labute approximate surface area is 282 Å². The molecule has 0 bridgehead atoms. The number of ether oxygens (including phenoxy) is 1. The van der Waals surface area contributed by atoms with Gasteiger partial charge in [0.2, 0.25) is 15.9 Å². The number of hydrogen-bond donors (Lipinski definition) is 2. The number of imide groups is 1. The predicted octanol–water partition coefficient (Wildman–Crippen LogP) is 4.91. The molecule has 0 atom stereocenters. The molecule has 1 saturated heterocycles. The van der Waals surface area contributed by atoms with Gasteiger partial charge in [0.15, 0.2) is 11.5 Å². The number of oxazole rings is 1. The maximum absolute atomic E-state index is 14.3. The number of benzene rings is 2. The Kier molecular flexibility index (Phi) is 11.7. The van der Waals surface area contributed by atoms with E-state index in [9.17, 15) is 27.9 Å². The van der Waals surface area contributed by atoms with E-state index in [0.717, 1.165) is 0 Å². The molecule has 13 nitrogen and oxygen atoms in total. The lowest BCUT2D eigenvalue weighted by Gasteiger charge is -2.36. The molecular formula is C34H47N5O8S. The van der Waals surface area contributed by atoms with E-state index in [4.69, 9.17) is 14.3 Å². The Morgan fingerprint density at radius 1 is 1.06 bits per heavy atom. The minimum absolute atomic E-state index is 0.0921. The number of phenolic OH excluding ortho intramolecular Hbond substituents is 1. The molecule has 48 heavy (non-hydrogen) atoms. The molecular weight excluding hydrogens is 638 g/mol. The Bertz CT molecular complexity index is 1710. The summed E-state index contributed by atoms with van der Waals surface area (Å²) >= 11 is 0. The number of piperidine rings is 1. The summed E-state index contributed by atoms with van der Waals surface area (Å²) in [6.45, 7) is 10.7. The third-order valence-electron chi connectivity index (χ3n) is 8.16. The van der Waals surface area contributed by atoms with E-state index in [1.807, 2.05) is 13.8 Å². The highest BCUT2D eigenvalue weighted by molar-refractivity contribution is 7.89. The molecule has 0 radical (unpaired) electrons. The van der Waals surface area contributed by atoms with Gasteiger partial charge in [0.05, 0.1) is 4.90 Å². The van der Waals surface area contributed by atoms with Crippen LogP contribution in [0, 0.1) is 11.8 Å². The van der Waals surface area contributed by atoms with Crippen LogP contribution < -0.4 is 5.14 Å².